The van der Waals surface area contributed by atoms with Crippen LogP contribution in [0.2, 0.25) is 0 Å². The predicted molar refractivity (Wildman–Crippen MR) is 113 cm³/mol. The van der Waals surface area contributed by atoms with Gasteiger partial charge in [-0.05, 0) is 35.7 Å². The molecule has 0 aliphatic rings. The number of fused-ring (bicyclic) bond motifs is 3. The van der Waals surface area contributed by atoms with Crippen molar-refractivity contribution in [3.05, 3.63) is 66.2 Å². The van der Waals surface area contributed by atoms with Gasteiger partial charge in [0.25, 0.3) is 5.91 Å². The molecule has 0 radical (unpaired) electrons. The zero-order chi connectivity index (χ0) is 18.1. The molecule has 3 nitrogen and oxygen atoms in total. The van der Waals surface area contributed by atoms with Crippen LogP contribution < -0.4 is 5.32 Å². The lowest BCUT2D eigenvalue weighted by atomic mass is 10.1. The van der Waals surface area contributed by atoms with Crippen LogP contribution in [0.3, 0.4) is 0 Å². The minimum absolute atomic E-state index is 0.130. The monoisotopic (exact) mass is 378 g/mol. The quantitative estimate of drug-likeness (QED) is 0.430. The Balaban J connectivity index is 1.58. The summed E-state index contributed by atoms with van der Waals surface area (Å²) in [6.07, 6.45) is 0. The smallest absolute Gasteiger partial charge is 0.257 e. The zero-order valence-corrected chi connectivity index (χ0v) is 16.2. The average Bonchev–Trinajstić information content (AvgIpc) is 3.04. The number of amides is 1. The van der Waals surface area contributed by atoms with Gasteiger partial charge >= 0.3 is 0 Å². The van der Waals surface area contributed by atoms with Crippen molar-refractivity contribution in [3.63, 3.8) is 0 Å². The molecular weight excluding hydrogens is 360 g/mol. The summed E-state index contributed by atoms with van der Waals surface area (Å²) in [7, 11) is 0. The Hall–Kier alpha value is -2.37. The highest BCUT2D eigenvalue weighted by atomic mass is 32.2. The molecule has 3 aromatic carbocycles. The predicted octanol–water partition coefficient (Wildman–Crippen LogP) is 6.20. The molecule has 0 aliphatic carbocycles. The van der Waals surface area contributed by atoms with Gasteiger partial charge in [0.15, 0.2) is 5.13 Å². The number of carbonyl (C=O) groups excluding carboxylic acids is 1. The van der Waals surface area contributed by atoms with Gasteiger partial charge in [-0.3, -0.25) is 10.1 Å². The lowest BCUT2D eigenvalue weighted by Gasteiger charge is -2.06. The second kappa shape index (κ2) is 7.09. The van der Waals surface area contributed by atoms with Crippen LogP contribution in [0, 0.1) is 0 Å². The number of carbonyl (C=O) groups is 1. The van der Waals surface area contributed by atoms with Crippen molar-refractivity contribution >= 4 is 55.1 Å². The van der Waals surface area contributed by atoms with Crippen LogP contribution in [0.1, 0.15) is 24.2 Å². The molecule has 0 spiro atoms. The summed E-state index contributed by atoms with van der Waals surface area (Å²) in [6.45, 7) is 4.31. The number of hydrogen-bond donors (Lipinski definition) is 1. The Kier molecular flexibility index (Phi) is 4.66. The van der Waals surface area contributed by atoms with E-state index < -0.39 is 0 Å². The number of anilines is 1. The van der Waals surface area contributed by atoms with Crippen molar-refractivity contribution in [1.29, 1.82) is 0 Å². The van der Waals surface area contributed by atoms with Gasteiger partial charge in [-0.1, -0.05) is 55.5 Å². The molecule has 1 N–H and O–H groups in total. The second-order valence-corrected chi connectivity index (χ2v) is 8.95. The highest BCUT2D eigenvalue weighted by Crippen LogP contribution is 2.33. The van der Waals surface area contributed by atoms with Crippen LogP contribution in [-0.2, 0) is 0 Å². The molecule has 0 saturated carbocycles. The highest BCUT2D eigenvalue weighted by Gasteiger charge is 2.12. The van der Waals surface area contributed by atoms with Gasteiger partial charge in [0.05, 0.1) is 10.2 Å². The first-order valence-electron chi connectivity index (χ1n) is 8.46. The number of hydrogen-bond acceptors (Lipinski definition) is 4. The van der Waals surface area contributed by atoms with Gasteiger partial charge < -0.3 is 0 Å². The number of nitrogens with zero attached hydrogens (tertiary/aromatic N) is 1. The largest absolute Gasteiger partial charge is 0.298 e. The molecule has 130 valence electrons. The van der Waals surface area contributed by atoms with Gasteiger partial charge in [-0.2, -0.15) is 0 Å². The molecule has 0 aliphatic heterocycles. The van der Waals surface area contributed by atoms with Crippen LogP contribution >= 0.6 is 23.1 Å². The summed E-state index contributed by atoms with van der Waals surface area (Å²) in [5, 5.41) is 6.43. The summed E-state index contributed by atoms with van der Waals surface area (Å²) in [4.78, 5) is 18.3. The molecule has 4 aromatic rings. The Morgan fingerprint density at radius 1 is 1.04 bits per heavy atom. The maximum atomic E-state index is 12.5. The number of rotatable bonds is 4. The third-order valence-corrected chi connectivity index (χ3v) is 6.02. The standard InChI is InChI=1S/C21H18N2OS2/c1-13(2)25-16-10-7-15(8-11-16)20(24)23-21-22-18-12-9-14-5-3-4-6-17(14)19(18)26-21/h3-13H,1-2H3,(H,22,23,24). The Labute approximate surface area is 160 Å². The fourth-order valence-electron chi connectivity index (χ4n) is 2.84. The van der Waals surface area contributed by atoms with Crippen molar-refractivity contribution in [2.24, 2.45) is 0 Å². The van der Waals surface area contributed by atoms with Gasteiger partial charge in [-0.25, -0.2) is 4.98 Å². The minimum atomic E-state index is -0.130. The molecule has 1 heterocycles. The van der Waals surface area contributed by atoms with E-state index in [2.05, 4.69) is 42.3 Å². The van der Waals surface area contributed by atoms with Crippen molar-refractivity contribution in [2.45, 2.75) is 24.0 Å². The summed E-state index contributed by atoms with van der Waals surface area (Å²) in [5.74, 6) is -0.130. The van der Waals surface area contributed by atoms with E-state index >= 15 is 0 Å². The number of nitrogens with one attached hydrogen (secondary N) is 1. The molecule has 0 saturated heterocycles. The topological polar surface area (TPSA) is 42.0 Å². The van der Waals surface area contributed by atoms with Gasteiger partial charge in [-0.15, -0.1) is 11.8 Å². The van der Waals surface area contributed by atoms with E-state index in [0.29, 0.717) is 15.9 Å². The average molecular weight is 379 g/mol. The lowest BCUT2D eigenvalue weighted by molar-refractivity contribution is 0.102. The molecule has 26 heavy (non-hydrogen) atoms. The summed E-state index contributed by atoms with van der Waals surface area (Å²) >= 11 is 3.30. The summed E-state index contributed by atoms with van der Waals surface area (Å²) in [5.41, 5.74) is 1.55. The lowest BCUT2D eigenvalue weighted by Crippen LogP contribution is -2.11. The fourth-order valence-corrected chi connectivity index (χ4v) is 4.67. The van der Waals surface area contributed by atoms with Gasteiger partial charge in [0.2, 0.25) is 0 Å². The first kappa shape index (κ1) is 17.1. The number of thioether (sulfide) groups is 1. The van der Waals surface area contributed by atoms with E-state index in [1.165, 1.54) is 21.6 Å². The first-order chi connectivity index (χ1) is 12.6. The maximum absolute atomic E-state index is 12.5. The number of thiazole rings is 1. The van der Waals surface area contributed by atoms with Crippen molar-refractivity contribution < 1.29 is 4.79 Å². The van der Waals surface area contributed by atoms with Crippen molar-refractivity contribution in [1.82, 2.24) is 4.98 Å². The molecule has 1 aromatic heterocycles. The number of benzene rings is 3. The fraction of sp³-hybridized carbons (Fsp3) is 0.143. The van der Waals surface area contributed by atoms with E-state index in [0.717, 1.165) is 15.6 Å². The summed E-state index contributed by atoms with van der Waals surface area (Å²) < 4.78 is 1.10. The normalized spacial score (nSPS) is 11.3. The van der Waals surface area contributed by atoms with E-state index in [-0.39, 0.29) is 5.91 Å². The Morgan fingerprint density at radius 2 is 1.81 bits per heavy atom. The van der Waals surface area contributed by atoms with Gasteiger partial charge in [0, 0.05) is 21.1 Å². The number of aromatic nitrogens is 1. The molecule has 1 amide bonds. The van der Waals surface area contributed by atoms with Gasteiger partial charge in [0.1, 0.15) is 0 Å². The highest BCUT2D eigenvalue weighted by molar-refractivity contribution is 7.99. The van der Waals surface area contributed by atoms with E-state index in [1.54, 1.807) is 11.8 Å². The van der Waals surface area contributed by atoms with Crippen LogP contribution in [0.25, 0.3) is 21.0 Å². The van der Waals surface area contributed by atoms with E-state index in [9.17, 15) is 4.79 Å². The molecular formula is C21H18N2OS2. The molecule has 0 atom stereocenters. The van der Waals surface area contributed by atoms with Crippen molar-refractivity contribution in [2.75, 3.05) is 5.32 Å². The van der Waals surface area contributed by atoms with Crippen molar-refractivity contribution in [3.8, 4) is 0 Å². The van der Waals surface area contributed by atoms with Crippen LogP contribution in [0.4, 0.5) is 5.13 Å². The Bertz CT molecular complexity index is 1080. The molecule has 0 bridgehead atoms. The summed E-state index contributed by atoms with van der Waals surface area (Å²) in [6, 6.07) is 20.0. The minimum Gasteiger partial charge on any atom is -0.298 e. The molecule has 4 rings (SSSR count). The second-order valence-electron chi connectivity index (χ2n) is 6.30. The van der Waals surface area contributed by atoms with Crippen LogP contribution in [0.5, 0.6) is 0 Å². The third-order valence-electron chi connectivity index (χ3n) is 3.99. The first-order valence-corrected chi connectivity index (χ1v) is 10.2. The third kappa shape index (κ3) is 3.45. The van der Waals surface area contributed by atoms with E-state index in [1.807, 2.05) is 42.5 Å². The van der Waals surface area contributed by atoms with E-state index in [4.69, 9.17) is 0 Å². The molecule has 0 fully saturated rings. The van der Waals surface area contributed by atoms with Crippen LogP contribution in [0.15, 0.2) is 65.6 Å². The van der Waals surface area contributed by atoms with Crippen LogP contribution in [-0.4, -0.2) is 16.1 Å². The maximum Gasteiger partial charge on any atom is 0.257 e. The Morgan fingerprint density at radius 3 is 2.58 bits per heavy atom. The SMILES string of the molecule is CC(C)Sc1ccc(C(=O)Nc2nc3ccc4ccccc4c3s2)cc1. The molecule has 5 heteroatoms. The zero-order valence-electron chi connectivity index (χ0n) is 14.5. The molecule has 0 unspecified atom stereocenters.